The number of benzene rings is 1. The molecule has 28 heavy (non-hydrogen) atoms. The van der Waals surface area contributed by atoms with E-state index >= 15 is 0 Å². The van der Waals surface area contributed by atoms with Gasteiger partial charge in [0, 0.05) is 18.8 Å². The molecule has 1 aromatic carbocycles. The summed E-state index contributed by atoms with van der Waals surface area (Å²) in [7, 11) is 0. The first-order valence-electron chi connectivity index (χ1n) is 9.43. The summed E-state index contributed by atoms with van der Waals surface area (Å²) in [4.78, 5) is 16.7. The molecular weight excluding hydrogens is 361 g/mol. The van der Waals surface area contributed by atoms with Gasteiger partial charge in [-0.1, -0.05) is 38.4 Å². The number of nitrogens with one attached hydrogen (secondary N) is 1. The molecule has 1 N–H and O–H groups in total. The molecule has 0 unspecified atom stereocenters. The van der Waals surface area contributed by atoms with Crippen LogP contribution in [0, 0.1) is 5.82 Å². The topological polar surface area (TPSA) is 85.8 Å². The lowest BCUT2D eigenvalue weighted by Crippen LogP contribution is -2.14. The minimum absolute atomic E-state index is 0.166. The van der Waals surface area contributed by atoms with Gasteiger partial charge in [0.05, 0.1) is 23.3 Å². The molecule has 7 nitrogen and oxygen atoms in total. The zero-order valence-corrected chi connectivity index (χ0v) is 16.3. The van der Waals surface area contributed by atoms with Crippen molar-refractivity contribution in [2.75, 3.05) is 5.32 Å². The Morgan fingerprint density at radius 2 is 2.14 bits per heavy atom. The molecule has 0 aliphatic rings. The molecule has 0 fully saturated rings. The average Bonchev–Trinajstić information content (AvgIpc) is 3.28. The van der Waals surface area contributed by atoms with Crippen LogP contribution in [0.3, 0.4) is 0 Å². The third-order valence-corrected chi connectivity index (χ3v) is 4.25. The second-order valence-electron chi connectivity index (χ2n) is 6.90. The van der Waals surface area contributed by atoms with E-state index in [1.807, 2.05) is 20.8 Å². The fraction of sp³-hybridized carbons (Fsp3) is 0.400. The molecule has 8 heteroatoms. The van der Waals surface area contributed by atoms with E-state index < -0.39 is 0 Å². The van der Waals surface area contributed by atoms with Gasteiger partial charge in [-0.3, -0.25) is 4.79 Å². The Morgan fingerprint density at radius 3 is 2.82 bits per heavy atom. The number of aryl methyl sites for hydroxylation is 1. The number of rotatable bonds is 8. The second-order valence-corrected chi connectivity index (χ2v) is 6.90. The SMILES string of the molecule is CCCc1c(NC(=O)CCc2nc(C(C)C)no2)cnn1-c1cccc(F)c1. The second kappa shape index (κ2) is 8.77. The highest BCUT2D eigenvalue weighted by molar-refractivity contribution is 5.91. The lowest BCUT2D eigenvalue weighted by atomic mass is 10.2. The average molecular weight is 385 g/mol. The molecule has 0 saturated heterocycles. The van der Waals surface area contributed by atoms with Crippen molar-refractivity contribution in [3.8, 4) is 5.69 Å². The fourth-order valence-corrected chi connectivity index (χ4v) is 2.82. The van der Waals surface area contributed by atoms with E-state index in [9.17, 15) is 9.18 Å². The van der Waals surface area contributed by atoms with E-state index in [0.717, 1.165) is 12.1 Å². The summed E-state index contributed by atoms with van der Waals surface area (Å²) in [6.07, 6.45) is 3.75. The van der Waals surface area contributed by atoms with Crippen molar-refractivity contribution in [2.24, 2.45) is 0 Å². The first-order valence-corrected chi connectivity index (χ1v) is 9.43. The van der Waals surface area contributed by atoms with Crippen LogP contribution in [0.2, 0.25) is 0 Å². The maximum absolute atomic E-state index is 13.6. The Balaban J connectivity index is 1.69. The minimum Gasteiger partial charge on any atom is -0.339 e. The Kier molecular flexibility index (Phi) is 6.18. The van der Waals surface area contributed by atoms with Crippen molar-refractivity contribution in [3.63, 3.8) is 0 Å². The van der Waals surface area contributed by atoms with Gasteiger partial charge in [0.25, 0.3) is 0 Å². The van der Waals surface area contributed by atoms with Crippen molar-refractivity contribution in [2.45, 2.75) is 52.4 Å². The van der Waals surface area contributed by atoms with Crippen molar-refractivity contribution in [1.82, 2.24) is 19.9 Å². The van der Waals surface area contributed by atoms with Gasteiger partial charge in [-0.15, -0.1) is 0 Å². The van der Waals surface area contributed by atoms with Crippen molar-refractivity contribution in [1.29, 1.82) is 0 Å². The summed E-state index contributed by atoms with van der Waals surface area (Å²) in [5.41, 5.74) is 2.09. The van der Waals surface area contributed by atoms with E-state index in [4.69, 9.17) is 4.52 Å². The summed E-state index contributed by atoms with van der Waals surface area (Å²) in [5.74, 6) is 0.762. The Labute approximate surface area is 162 Å². The van der Waals surface area contributed by atoms with Gasteiger partial charge in [-0.25, -0.2) is 9.07 Å². The molecule has 2 heterocycles. The van der Waals surface area contributed by atoms with Gasteiger partial charge in [0.15, 0.2) is 5.82 Å². The Morgan fingerprint density at radius 1 is 1.32 bits per heavy atom. The predicted molar refractivity (Wildman–Crippen MR) is 103 cm³/mol. The number of carbonyl (C=O) groups excluding carboxylic acids is 1. The van der Waals surface area contributed by atoms with Crippen LogP contribution < -0.4 is 5.32 Å². The largest absolute Gasteiger partial charge is 0.339 e. The summed E-state index contributed by atoms with van der Waals surface area (Å²) < 4.78 is 20.4. The molecule has 0 radical (unpaired) electrons. The monoisotopic (exact) mass is 385 g/mol. The lowest BCUT2D eigenvalue weighted by molar-refractivity contribution is -0.116. The third-order valence-electron chi connectivity index (χ3n) is 4.25. The standard InChI is InChI=1S/C20H24FN5O2/c1-4-6-17-16(12-22-26(17)15-8-5-7-14(21)11-15)23-18(27)9-10-19-24-20(13(2)3)25-28-19/h5,7-8,11-13H,4,6,9-10H2,1-3H3,(H,23,27). The lowest BCUT2D eigenvalue weighted by Gasteiger charge is -2.10. The highest BCUT2D eigenvalue weighted by Crippen LogP contribution is 2.22. The maximum Gasteiger partial charge on any atom is 0.227 e. The maximum atomic E-state index is 13.6. The molecule has 3 rings (SSSR count). The summed E-state index contributed by atoms with van der Waals surface area (Å²) in [6, 6.07) is 6.22. The van der Waals surface area contributed by atoms with Crippen molar-refractivity contribution >= 4 is 11.6 Å². The molecule has 148 valence electrons. The van der Waals surface area contributed by atoms with Gasteiger partial charge in [0.1, 0.15) is 5.82 Å². The predicted octanol–water partition coefficient (Wildman–Crippen LogP) is 4.04. The van der Waals surface area contributed by atoms with Crippen molar-refractivity contribution in [3.05, 3.63) is 53.7 Å². The smallest absolute Gasteiger partial charge is 0.227 e. The van der Waals surface area contributed by atoms with Gasteiger partial charge < -0.3 is 9.84 Å². The highest BCUT2D eigenvalue weighted by Gasteiger charge is 2.16. The third kappa shape index (κ3) is 4.62. The van der Waals surface area contributed by atoms with E-state index in [2.05, 4.69) is 20.6 Å². The number of hydrogen-bond donors (Lipinski definition) is 1. The molecule has 0 atom stereocenters. The number of anilines is 1. The van der Waals surface area contributed by atoms with Gasteiger partial charge in [-0.05, 0) is 24.6 Å². The van der Waals surface area contributed by atoms with E-state index in [1.165, 1.54) is 12.1 Å². The molecule has 0 aliphatic heterocycles. The van der Waals surface area contributed by atoms with Crippen LogP contribution in [0.15, 0.2) is 35.0 Å². The van der Waals surface area contributed by atoms with E-state index in [1.54, 1.807) is 23.0 Å². The molecule has 0 aliphatic carbocycles. The number of hydrogen-bond acceptors (Lipinski definition) is 5. The molecular formula is C20H24FN5O2. The summed E-state index contributed by atoms with van der Waals surface area (Å²) >= 11 is 0. The first-order chi connectivity index (χ1) is 13.5. The van der Waals surface area contributed by atoms with Crippen LogP contribution in [0.1, 0.15) is 56.9 Å². The number of aromatic nitrogens is 4. The zero-order valence-electron chi connectivity index (χ0n) is 16.3. The molecule has 2 aromatic heterocycles. The van der Waals surface area contributed by atoms with Crippen LogP contribution in [-0.2, 0) is 17.6 Å². The van der Waals surface area contributed by atoms with Crippen molar-refractivity contribution < 1.29 is 13.7 Å². The quantitative estimate of drug-likeness (QED) is 0.632. The van der Waals surface area contributed by atoms with Gasteiger partial charge in [0.2, 0.25) is 11.8 Å². The highest BCUT2D eigenvalue weighted by atomic mass is 19.1. The van der Waals surface area contributed by atoms with E-state index in [-0.39, 0.29) is 24.1 Å². The number of amides is 1. The van der Waals surface area contributed by atoms with Crippen LogP contribution in [0.25, 0.3) is 5.69 Å². The number of carbonyl (C=O) groups is 1. The number of nitrogens with zero attached hydrogens (tertiary/aromatic N) is 4. The van der Waals surface area contributed by atoms with Crippen LogP contribution in [0.5, 0.6) is 0 Å². The first kappa shape index (κ1) is 19.7. The van der Waals surface area contributed by atoms with Gasteiger partial charge >= 0.3 is 0 Å². The zero-order chi connectivity index (χ0) is 20.1. The van der Waals surface area contributed by atoms with Crippen LogP contribution >= 0.6 is 0 Å². The normalized spacial score (nSPS) is 11.2. The van der Waals surface area contributed by atoms with E-state index in [0.29, 0.717) is 35.9 Å². The minimum atomic E-state index is -0.332. The Hall–Kier alpha value is -3.03. The fourth-order valence-electron chi connectivity index (χ4n) is 2.82. The molecule has 3 aromatic rings. The molecule has 0 saturated carbocycles. The summed E-state index contributed by atoms with van der Waals surface area (Å²) in [5, 5.41) is 11.1. The van der Waals surface area contributed by atoms with Crippen LogP contribution in [0.4, 0.5) is 10.1 Å². The molecule has 0 spiro atoms. The molecule has 0 bridgehead atoms. The number of halogens is 1. The Bertz CT molecular complexity index is 948. The molecule has 1 amide bonds. The summed E-state index contributed by atoms with van der Waals surface area (Å²) in [6.45, 7) is 6.00. The van der Waals surface area contributed by atoms with Crippen LogP contribution in [-0.4, -0.2) is 25.8 Å². The van der Waals surface area contributed by atoms with Gasteiger partial charge in [-0.2, -0.15) is 10.1 Å².